The third-order valence-electron chi connectivity index (χ3n) is 2.96. The maximum atomic E-state index is 11.4. The molecule has 1 fully saturated rings. The van der Waals surface area contributed by atoms with E-state index in [1.807, 2.05) is 24.3 Å². The molecule has 1 aliphatic rings. The molecule has 1 saturated heterocycles. The Morgan fingerprint density at radius 1 is 1.50 bits per heavy atom. The Labute approximate surface area is 105 Å². The zero-order valence-electron chi connectivity index (χ0n) is 9.82. The lowest BCUT2D eigenvalue weighted by molar-refractivity contribution is -0.146. The van der Waals surface area contributed by atoms with E-state index >= 15 is 0 Å². The maximum absolute atomic E-state index is 11.4. The number of nitrogens with zero attached hydrogens (tertiary/aromatic N) is 2. The first-order chi connectivity index (χ1) is 8.72. The molecule has 1 aromatic rings. The fraction of sp³-hybridized carbons (Fsp3) is 0.385. The van der Waals surface area contributed by atoms with E-state index in [9.17, 15) is 9.90 Å². The molecule has 0 aliphatic carbocycles. The van der Waals surface area contributed by atoms with Crippen molar-refractivity contribution in [2.45, 2.75) is 12.1 Å². The Morgan fingerprint density at radius 2 is 2.22 bits per heavy atom. The Kier molecular flexibility index (Phi) is 3.92. The van der Waals surface area contributed by atoms with Gasteiger partial charge in [-0.05, 0) is 5.56 Å². The van der Waals surface area contributed by atoms with E-state index in [1.54, 1.807) is 17.0 Å². The number of carbonyl (C=O) groups is 1. The second kappa shape index (κ2) is 5.63. The predicted molar refractivity (Wildman–Crippen MR) is 63.7 cm³/mol. The molecule has 5 nitrogen and oxygen atoms in total. The van der Waals surface area contributed by atoms with Crippen LogP contribution in [-0.2, 0) is 9.53 Å². The molecule has 1 aromatic carbocycles. The highest BCUT2D eigenvalue weighted by molar-refractivity contribution is 5.75. The fourth-order valence-corrected chi connectivity index (χ4v) is 2.13. The van der Waals surface area contributed by atoms with Gasteiger partial charge >= 0.3 is 5.97 Å². The summed E-state index contributed by atoms with van der Waals surface area (Å²) in [5.74, 6) is -0.903. The van der Waals surface area contributed by atoms with Gasteiger partial charge in [-0.3, -0.25) is 9.69 Å². The van der Waals surface area contributed by atoms with E-state index in [4.69, 9.17) is 10.00 Å². The van der Waals surface area contributed by atoms with Crippen molar-refractivity contribution in [1.29, 1.82) is 5.26 Å². The van der Waals surface area contributed by atoms with Gasteiger partial charge in [0.15, 0.2) is 6.10 Å². The zero-order chi connectivity index (χ0) is 13.0. The normalized spacial score (nSPS) is 22.1. The summed E-state index contributed by atoms with van der Waals surface area (Å²) in [7, 11) is 0. The number of ether oxygens (including phenoxy) is 1. The van der Waals surface area contributed by atoms with Crippen LogP contribution in [0, 0.1) is 11.3 Å². The van der Waals surface area contributed by atoms with Gasteiger partial charge in [-0.15, -0.1) is 0 Å². The van der Waals surface area contributed by atoms with Crippen molar-refractivity contribution in [2.24, 2.45) is 0 Å². The quantitative estimate of drug-likeness (QED) is 0.862. The van der Waals surface area contributed by atoms with Crippen molar-refractivity contribution in [2.75, 3.05) is 19.7 Å². The van der Waals surface area contributed by atoms with E-state index < -0.39 is 18.1 Å². The van der Waals surface area contributed by atoms with Gasteiger partial charge in [0, 0.05) is 13.1 Å². The zero-order valence-corrected chi connectivity index (χ0v) is 9.82. The average molecular weight is 246 g/mol. The second-order valence-electron chi connectivity index (χ2n) is 4.13. The third-order valence-corrected chi connectivity index (χ3v) is 2.96. The van der Waals surface area contributed by atoms with Crippen LogP contribution in [0.4, 0.5) is 0 Å². The minimum absolute atomic E-state index is 0.322. The lowest BCUT2D eigenvalue weighted by Gasteiger charge is -2.34. The molecule has 1 heterocycles. The Hall–Kier alpha value is -1.90. The standard InChI is InChI=1S/C13H14N2O3/c14-8-11-9-15(6-7-18-11)12(13(16)17)10-4-2-1-3-5-10/h1-5,11-12H,6-7,9H2,(H,16,17). The van der Waals surface area contributed by atoms with Crippen molar-refractivity contribution in [1.82, 2.24) is 4.90 Å². The highest BCUT2D eigenvalue weighted by Crippen LogP contribution is 2.23. The van der Waals surface area contributed by atoms with Crippen LogP contribution in [0.2, 0.25) is 0 Å². The minimum atomic E-state index is -0.903. The van der Waals surface area contributed by atoms with Crippen molar-refractivity contribution in [3.05, 3.63) is 35.9 Å². The molecule has 1 aliphatic heterocycles. The molecule has 0 radical (unpaired) electrons. The number of carboxylic acids is 1. The number of benzene rings is 1. The molecule has 94 valence electrons. The summed E-state index contributed by atoms with van der Waals surface area (Å²) in [5, 5.41) is 18.2. The van der Waals surface area contributed by atoms with Gasteiger partial charge in [-0.2, -0.15) is 5.26 Å². The molecule has 0 bridgehead atoms. The third kappa shape index (κ3) is 2.67. The number of hydrogen-bond acceptors (Lipinski definition) is 4. The Bertz CT molecular complexity index is 455. The van der Waals surface area contributed by atoms with Gasteiger partial charge in [0.2, 0.25) is 0 Å². The summed E-state index contributed by atoms with van der Waals surface area (Å²) < 4.78 is 5.23. The van der Waals surface area contributed by atoms with E-state index in [-0.39, 0.29) is 0 Å². The highest BCUT2D eigenvalue weighted by Gasteiger charge is 2.31. The van der Waals surface area contributed by atoms with Crippen LogP contribution in [0.25, 0.3) is 0 Å². The van der Waals surface area contributed by atoms with Crippen molar-refractivity contribution in [3.8, 4) is 6.07 Å². The van der Waals surface area contributed by atoms with E-state index in [0.717, 1.165) is 5.56 Å². The fourth-order valence-electron chi connectivity index (χ4n) is 2.13. The number of hydrogen-bond donors (Lipinski definition) is 1. The summed E-state index contributed by atoms with van der Waals surface area (Å²) in [6.07, 6.45) is -0.552. The van der Waals surface area contributed by atoms with Gasteiger partial charge < -0.3 is 9.84 Å². The summed E-state index contributed by atoms with van der Waals surface area (Å²) >= 11 is 0. The summed E-state index contributed by atoms with van der Waals surface area (Å²) in [6, 6.07) is 10.4. The van der Waals surface area contributed by atoms with Crippen molar-refractivity contribution in [3.63, 3.8) is 0 Å². The minimum Gasteiger partial charge on any atom is -0.480 e. The van der Waals surface area contributed by atoms with Crippen LogP contribution in [0.15, 0.2) is 30.3 Å². The monoisotopic (exact) mass is 246 g/mol. The lowest BCUT2D eigenvalue weighted by atomic mass is 10.0. The van der Waals surface area contributed by atoms with Crippen LogP contribution in [0.1, 0.15) is 11.6 Å². The van der Waals surface area contributed by atoms with Crippen LogP contribution >= 0.6 is 0 Å². The summed E-state index contributed by atoms with van der Waals surface area (Å²) in [4.78, 5) is 13.2. The molecule has 0 aromatic heterocycles. The lowest BCUT2D eigenvalue weighted by Crippen LogP contribution is -2.46. The first kappa shape index (κ1) is 12.6. The van der Waals surface area contributed by atoms with Gasteiger partial charge in [0.1, 0.15) is 6.04 Å². The summed E-state index contributed by atoms with van der Waals surface area (Å²) in [6.45, 7) is 1.22. The second-order valence-corrected chi connectivity index (χ2v) is 4.13. The van der Waals surface area contributed by atoms with Gasteiger partial charge in [0.25, 0.3) is 0 Å². The Morgan fingerprint density at radius 3 is 2.83 bits per heavy atom. The molecule has 18 heavy (non-hydrogen) atoms. The first-order valence-electron chi connectivity index (χ1n) is 5.75. The van der Waals surface area contributed by atoms with Crippen molar-refractivity contribution >= 4 is 5.97 Å². The number of aliphatic carboxylic acids is 1. The van der Waals surface area contributed by atoms with Gasteiger partial charge in [-0.1, -0.05) is 30.3 Å². The first-order valence-corrected chi connectivity index (χ1v) is 5.75. The average Bonchev–Trinajstić information content (AvgIpc) is 2.40. The molecule has 0 saturated carbocycles. The maximum Gasteiger partial charge on any atom is 0.325 e. The molecule has 0 spiro atoms. The SMILES string of the molecule is N#CC1CN(C(C(=O)O)c2ccccc2)CCO1. The number of nitriles is 1. The molecule has 2 atom stereocenters. The largest absolute Gasteiger partial charge is 0.480 e. The van der Waals surface area contributed by atoms with Gasteiger partial charge in [0.05, 0.1) is 12.7 Å². The molecule has 5 heteroatoms. The van der Waals surface area contributed by atoms with Gasteiger partial charge in [-0.25, -0.2) is 0 Å². The van der Waals surface area contributed by atoms with E-state index in [0.29, 0.717) is 19.7 Å². The molecule has 2 unspecified atom stereocenters. The van der Waals surface area contributed by atoms with E-state index in [1.165, 1.54) is 0 Å². The molecule has 2 rings (SSSR count). The van der Waals surface area contributed by atoms with Crippen LogP contribution < -0.4 is 0 Å². The molecular formula is C13H14N2O3. The molecule has 0 amide bonds. The number of morpholine rings is 1. The van der Waals surface area contributed by atoms with Crippen LogP contribution in [0.3, 0.4) is 0 Å². The molecule has 1 N–H and O–H groups in total. The number of carboxylic acid groups (broad SMARTS) is 1. The summed E-state index contributed by atoms with van der Waals surface area (Å²) in [5.41, 5.74) is 0.726. The van der Waals surface area contributed by atoms with E-state index in [2.05, 4.69) is 0 Å². The highest BCUT2D eigenvalue weighted by atomic mass is 16.5. The van der Waals surface area contributed by atoms with Crippen molar-refractivity contribution < 1.29 is 14.6 Å². The van der Waals surface area contributed by atoms with Crippen LogP contribution in [0.5, 0.6) is 0 Å². The Balaban J connectivity index is 2.21. The molecular weight excluding hydrogens is 232 g/mol. The topological polar surface area (TPSA) is 73.6 Å². The predicted octanol–water partition coefficient (Wildman–Crippen LogP) is 1.04. The number of rotatable bonds is 3. The van der Waals surface area contributed by atoms with Crippen LogP contribution in [-0.4, -0.2) is 41.8 Å². The smallest absolute Gasteiger partial charge is 0.325 e.